The summed E-state index contributed by atoms with van der Waals surface area (Å²) in [4.78, 5) is 0. The quantitative estimate of drug-likeness (QED) is 0.853. The summed E-state index contributed by atoms with van der Waals surface area (Å²) >= 11 is 6.20. The van der Waals surface area contributed by atoms with Crippen LogP contribution < -0.4 is 5.73 Å². The van der Waals surface area contributed by atoms with Crippen LogP contribution in [0.2, 0.25) is 5.02 Å². The number of aromatic nitrogens is 4. The van der Waals surface area contributed by atoms with Gasteiger partial charge in [-0.3, -0.25) is 0 Å². The number of nitrogen functional groups attached to an aromatic ring is 1. The lowest BCUT2D eigenvalue weighted by Gasteiger charge is -2.06. The summed E-state index contributed by atoms with van der Waals surface area (Å²) in [6.07, 6.45) is 5.13. The first-order valence-corrected chi connectivity index (χ1v) is 6.93. The van der Waals surface area contributed by atoms with Crippen LogP contribution in [0.25, 0.3) is 11.4 Å². The highest BCUT2D eigenvalue weighted by atomic mass is 35.5. The van der Waals surface area contributed by atoms with Crippen LogP contribution in [-0.4, -0.2) is 20.2 Å². The van der Waals surface area contributed by atoms with Crippen LogP contribution in [0.1, 0.15) is 25.7 Å². The standard InChI is InChI=1S/C13H16ClN5/c14-12-8-10(15)5-6-11(12)13-16-17-18-19(13)7-1-2-9-3-4-9/h5-6,8-9H,1-4,7,15H2. The second kappa shape index (κ2) is 5.17. The van der Waals surface area contributed by atoms with Crippen molar-refractivity contribution in [1.29, 1.82) is 0 Å². The van der Waals surface area contributed by atoms with Crippen LogP contribution >= 0.6 is 11.6 Å². The number of rotatable bonds is 5. The van der Waals surface area contributed by atoms with E-state index in [0.717, 1.165) is 24.4 Å². The number of hydrogen-bond acceptors (Lipinski definition) is 4. The molecular formula is C13H16ClN5. The molecule has 0 aliphatic heterocycles. The van der Waals surface area contributed by atoms with Gasteiger partial charge in [0.15, 0.2) is 5.82 Å². The van der Waals surface area contributed by atoms with Gasteiger partial charge in [0.2, 0.25) is 0 Å². The zero-order valence-corrected chi connectivity index (χ0v) is 11.3. The van der Waals surface area contributed by atoms with Gasteiger partial charge in [-0.05, 0) is 47.4 Å². The molecule has 5 nitrogen and oxygen atoms in total. The number of hydrogen-bond donors (Lipinski definition) is 1. The van der Waals surface area contributed by atoms with E-state index in [9.17, 15) is 0 Å². The maximum Gasteiger partial charge on any atom is 0.183 e. The monoisotopic (exact) mass is 277 g/mol. The molecule has 3 rings (SSSR count). The molecule has 1 aromatic heterocycles. The van der Waals surface area contributed by atoms with Gasteiger partial charge < -0.3 is 5.73 Å². The fraction of sp³-hybridized carbons (Fsp3) is 0.462. The normalized spacial score (nSPS) is 14.8. The van der Waals surface area contributed by atoms with Gasteiger partial charge in [-0.1, -0.05) is 24.4 Å². The van der Waals surface area contributed by atoms with Crippen LogP contribution in [0, 0.1) is 5.92 Å². The first kappa shape index (κ1) is 12.4. The Kier molecular flexibility index (Phi) is 3.38. The van der Waals surface area contributed by atoms with E-state index in [4.69, 9.17) is 17.3 Å². The van der Waals surface area contributed by atoms with E-state index < -0.39 is 0 Å². The molecule has 0 spiro atoms. The van der Waals surface area contributed by atoms with E-state index in [1.165, 1.54) is 19.3 Å². The molecule has 2 aromatic rings. The Morgan fingerprint density at radius 1 is 1.37 bits per heavy atom. The Balaban J connectivity index is 1.77. The number of anilines is 1. The molecule has 6 heteroatoms. The van der Waals surface area contributed by atoms with E-state index in [2.05, 4.69) is 15.5 Å². The average molecular weight is 278 g/mol. The van der Waals surface area contributed by atoms with E-state index in [1.54, 1.807) is 6.07 Å². The first-order valence-electron chi connectivity index (χ1n) is 6.55. The molecule has 2 N–H and O–H groups in total. The van der Waals surface area contributed by atoms with Gasteiger partial charge in [-0.25, -0.2) is 4.68 Å². The fourth-order valence-corrected chi connectivity index (χ4v) is 2.47. The van der Waals surface area contributed by atoms with Gasteiger partial charge in [0.1, 0.15) is 0 Å². The number of tetrazole rings is 1. The highest BCUT2D eigenvalue weighted by molar-refractivity contribution is 6.33. The molecule has 0 radical (unpaired) electrons. The molecule has 1 aliphatic carbocycles. The molecule has 0 saturated heterocycles. The van der Waals surface area contributed by atoms with Crippen LogP contribution in [0.15, 0.2) is 18.2 Å². The predicted octanol–water partition coefficient (Wildman–Crippen LogP) is 2.77. The van der Waals surface area contributed by atoms with Crippen LogP contribution in [0.3, 0.4) is 0 Å². The molecule has 0 atom stereocenters. The molecule has 0 unspecified atom stereocenters. The van der Waals surface area contributed by atoms with Crippen molar-refractivity contribution in [3.8, 4) is 11.4 Å². The highest BCUT2D eigenvalue weighted by Gasteiger charge is 2.20. The molecule has 1 heterocycles. The summed E-state index contributed by atoms with van der Waals surface area (Å²) in [7, 11) is 0. The molecule has 1 fully saturated rings. The topological polar surface area (TPSA) is 69.6 Å². The van der Waals surface area contributed by atoms with Gasteiger partial charge in [0, 0.05) is 17.8 Å². The van der Waals surface area contributed by atoms with Crippen LogP contribution in [0.5, 0.6) is 0 Å². The maximum atomic E-state index is 6.20. The van der Waals surface area contributed by atoms with Gasteiger partial charge in [-0.2, -0.15) is 0 Å². The summed E-state index contributed by atoms with van der Waals surface area (Å²) in [5, 5.41) is 12.4. The molecule has 0 bridgehead atoms. The van der Waals surface area contributed by atoms with Crippen molar-refractivity contribution in [3.63, 3.8) is 0 Å². The zero-order valence-electron chi connectivity index (χ0n) is 10.6. The van der Waals surface area contributed by atoms with Gasteiger partial charge in [0.05, 0.1) is 5.02 Å². The Labute approximate surface area is 116 Å². The van der Waals surface area contributed by atoms with E-state index in [0.29, 0.717) is 16.5 Å². The predicted molar refractivity (Wildman–Crippen MR) is 74.6 cm³/mol. The van der Waals surface area contributed by atoms with Crippen molar-refractivity contribution in [2.75, 3.05) is 5.73 Å². The Bertz CT molecular complexity index is 576. The van der Waals surface area contributed by atoms with Gasteiger partial charge in [-0.15, -0.1) is 5.10 Å². The molecule has 1 aliphatic rings. The van der Waals surface area contributed by atoms with E-state index in [-0.39, 0.29) is 0 Å². The lowest BCUT2D eigenvalue weighted by atomic mass is 10.2. The lowest BCUT2D eigenvalue weighted by Crippen LogP contribution is -2.04. The average Bonchev–Trinajstić information content (AvgIpc) is 3.08. The number of nitrogens with zero attached hydrogens (tertiary/aromatic N) is 4. The van der Waals surface area contributed by atoms with Crippen LogP contribution in [0.4, 0.5) is 5.69 Å². The fourth-order valence-electron chi connectivity index (χ4n) is 2.20. The second-order valence-electron chi connectivity index (χ2n) is 5.05. The number of aryl methyl sites for hydroxylation is 1. The summed E-state index contributed by atoms with van der Waals surface area (Å²) in [5.74, 6) is 1.64. The largest absolute Gasteiger partial charge is 0.399 e. The van der Waals surface area contributed by atoms with E-state index >= 15 is 0 Å². The van der Waals surface area contributed by atoms with Gasteiger partial charge in [0.25, 0.3) is 0 Å². The lowest BCUT2D eigenvalue weighted by molar-refractivity contribution is 0.527. The smallest absolute Gasteiger partial charge is 0.183 e. The Hall–Kier alpha value is -1.62. The number of benzene rings is 1. The summed E-state index contributed by atoms with van der Waals surface area (Å²) in [5.41, 5.74) is 7.16. The SMILES string of the molecule is Nc1ccc(-c2nnnn2CCCC2CC2)c(Cl)c1. The minimum absolute atomic E-state index is 0.582. The van der Waals surface area contributed by atoms with Crippen molar-refractivity contribution in [2.45, 2.75) is 32.2 Å². The van der Waals surface area contributed by atoms with E-state index in [1.807, 2.05) is 16.8 Å². The maximum absolute atomic E-state index is 6.20. The van der Waals surface area contributed by atoms with Crippen molar-refractivity contribution in [2.24, 2.45) is 5.92 Å². The Morgan fingerprint density at radius 3 is 2.95 bits per heavy atom. The highest BCUT2D eigenvalue weighted by Crippen LogP contribution is 2.34. The molecule has 0 amide bonds. The first-order chi connectivity index (χ1) is 9.24. The third-order valence-corrected chi connectivity index (χ3v) is 3.76. The minimum Gasteiger partial charge on any atom is -0.399 e. The summed E-state index contributed by atoms with van der Waals surface area (Å²) in [6, 6.07) is 5.39. The van der Waals surface area contributed by atoms with Gasteiger partial charge >= 0.3 is 0 Å². The molecule has 100 valence electrons. The molecule has 1 saturated carbocycles. The molecular weight excluding hydrogens is 262 g/mol. The summed E-state index contributed by atoms with van der Waals surface area (Å²) in [6.45, 7) is 0.833. The van der Waals surface area contributed by atoms with Crippen molar-refractivity contribution >= 4 is 17.3 Å². The van der Waals surface area contributed by atoms with Crippen molar-refractivity contribution < 1.29 is 0 Å². The molecule has 19 heavy (non-hydrogen) atoms. The number of nitrogens with two attached hydrogens (primary N) is 1. The third-order valence-electron chi connectivity index (χ3n) is 3.45. The minimum atomic E-state index is 0.582. The van der Waals surface area contributed by atoms with Crippen molar-refractivity contribution in [1.82, 2.24) is 20.2 Å². The summed E-state index contributed by atoms with van der Waals surface area (Å²) < 4.78 is 1.82. The molecule has 1 aromatic carbocycles. The van der Waals surface area contributed by atoms with Crippen molar-refractivity contribution in [3.05, 3.63) is 23.2 Å². The third kappa shape index (κ3) is 2.87. The number of halogens is 1. The van der Waals surface area contributed by atoms with Crippen LogP contribution in [-0.2, 0) is 6.54 Å². The second-order valence-corrected chi connectivity index (χ2v) is 5.46. The Morgan fingerprint density at radius 2 is 2.21 bits per heavy atom. The zero-order chi connectivity index (χ0) is 13.2.